The second kappa shape index (κ2) is 5.68. The molecular formula is C7H9ClO. The summed E-state index contributed by atoms with van der Waals surface area (Å²) in [6, 6.07) is 0.199. The summed E-state index contributed by atoms with van der Waals surface area (Å²) in [5.41, 5.74) is 0.841. The van der Waals surface area contributed by atoms with Gasteiger partial charge in [-0.05, 0) is 12.5 Å². The predicted octanol–water partition coefficient (Wildman–Crippen LogP) is 1.78. The summed E-state index contributed by atoms with van der Waals surface area (Å²) in [7, 11) is 0. The average Bonchev–Trinajstić information content (AvgIpc) is 1.80. The highest BCUT2D eigenvalue weighted by Gasteiger charge is 1.74. The van der Waals surface area contributed by atoms with Gasteiger partial charge >= 0.3 is 0 Å². The van der Waals surface area contributed by atoms with Gasteiger partial charge in [0.05, 0.1) is 0 Å². The van der Waals surface area contributed by atoms with Crippen molar-refractivity contribution in [1.29, 1.82) is 0 Å². The van der Waals surface area contributed by atoms with E-state index in [0.29, 0.717) is 6.61 Å². The van der Waals surface area contributed by atoms with E-state index in [1.807, 2.05) is 6.92 Å². The normalized spacial score (nSPS) is 7.78. The molecule has 0 aromatic carbocycles. The predicted molar refractivity (Wildman–Crippen MR) is 39.3 cm³/mol. The van der Waals surface area contributed by atoms with Gasteiger partial charge in [-0.1, -0.05) is 30.0 Å². The van der Waals surface area contributed by atoms with E-state index >= 15 is 0 Å². The van der Waals surface area contributed by atoms with E-state index in [0.717, 1.165) is 5.57 Å². The molecule has 0 amide bonds. The Balaban J connectivity index is 3.27. The van der Waals surface area contributed by atoms with Crippen molar-refractivity contribution in [1.82, 2.24) is 0 Å². The third-order valence-corrected chi connectivity index (χ3v) is 0.707. The third kappa shape index (κ3) is 7.55. The van der Waals surface area contributed by atoms with E-state index in [4.69, 9.17) is 16.3 Å². The van der Waals surface area contributed by atoms with E-state index in [1.54, 1.807) is 0 Å². The molecule has 0 aliphatic rings. The van der Waals surface area contributed by atoms with Gasteiger partial charge in [-0.15, -0.1) is 0 Å². The SMILES string of the molecule is C=C(C)C#CCOCCl. The molecule has 0 spiro atoms. The summed E-state index contributed by atoms with van der Waals surface area (Å²) in [4.78, 5) is 0. The van der Waals surface area contributed by atoms with Crippen molar-refractivity contribution in [3.63, 3.8) is 0 Å². The van der Waals surface area contributed by atoms with Crippen molar-refractivity contribution < 1.29 is 4.74 Å². The molecule has 0 aromatic heterocycles. The third-order valence-electron chi connectivity index (χ3n) is 0.553. The van der Waals surface area contributed by atoms with Crippen LogP contribution in [-0.2, 0) is 4.74 Å². The average molecular weight is 145 g/mol. The zero-order chi connectivity index (χ0) is 7.11. The topological polar surface area (TPSA) is 9.23 Å². The molecule has 1 nitrogen and oxygen atoms in total. The van der Waals surface area contributed by atoms with Crippen LogP contribution in [0.25, 0.3) is 0 Å². The lowest BCUT2D eigenvalue weighted by Gasteiger charge is -1.86. The molecule has 0 aliphatic carbocycles. The van der Waals surface area contributed by atoms with Crippen LogP contribution in [0.2, 0.25) is 0 Å². The molecule has 0 N–H and O–H groups in total. The van der Waals surface area contributed by atoms with Gasteiger partial charge in [-0.25, -0.2) is 0 Å². The van der Waals surface area contributed by atoms with Crippen molar-refractivity contribution >= 4 is 11.6 Å². The number of halogens is 1. The number of allylic oxidation sites excluding steroid dienone is 1. The second-order valence-corrected chi connectivity index (χ2v) is 1.76. The first-order valence-corrected chi connectivity index (χ1v) is 3.09. The molecule has 0 radical (unpaired) electrons. The van der Waals surface area contributed by atoms with Crippen molar-refractivity contribution in [3.8, 4) is 11.8 Å². The minimum atomic E-state index is 0.199. The molecule has 0 aromatic rings. The molecule has 0 atom stereocenters. The van der Waals surface area contributed by atoms with Gasteiger partial charge in [-0.3, -0.25) is 0 Å². The van der Waals surface area contributed by atoms with Crippen LogP contribution in [0.15, 0.2) is 12.2 Å². The summed E-state index contributed by atoms with van der Waals surface area (Å²) in [6.45, 7) is 5.82. The van der Waals surface area contributed by atoms with Gasteiger partial charge < -0.3 is 4.74 Å². The highest BCUT2D eigenvalue weighted by molar-refractivity contribution is 6.17. The smallest absolute Gasteiger partial charge is 0.122 e. The Labute approximate surface area is 60.7 Å². The minimum absolute atomic E-state index is 0.199. The van der Waals surface area contributed by atoms with Crippen molar-refractivity contribution in [2.24, 2.45) is 0 Å². The standard InChI is InChI=1S/C7H9ClO/c1-7(2)4-3-5-9-6-8/h1,5-6H2,2H3. The first-order valence-electron chi connectivity index (χ1n) is 2.55. The lowest BCUT2D eigenvalue weighted by molar-refractivity contribution is 0.218. The zero-order valence-electron chi connectivity index (χ0n) is 5.41. The Kier molecular flexibility index (Phi) is 5.40. The van der Waals surface area contributed by atoms with E-state index in [2.05, 4.69) is 18.4 Å². The zero-order valence-corrected chi connectivity index (χ0v) is 6.16. The van der Waals surface area contributed by atoms with Crippen LogP contribution in [0.5, 0.6) is 0 Å². The van der Waals surface area contributed by atoms with Gasteiger partial charge in [0.15, 0.2) is 0 Å². The van der Waals surface area contributed by atoms with Crippen LogP contribution < -0.4 is 0 Å². The minimum Gasteiger partial charge on any atom is -0.353 e. The molecule has 0 rings (SSSR count). The molecule has 2 heteroatoms. The summed E-state index contributed by atoms with van der Waals surface area (Å²) >= 11 is 5.20. The van der Waals surface area contributed by atoms with Crippen LogP contribution in [0.4, 0.5) is 0 Å². The van der Waals surface area contributed by atoms with Gasteiger partial charge in [0, 0.05) is 0 Å². The van der Waals surface area contributed by atoms with Crippen LogP contribution in [0.3, 0.4) is 0 Å². The Hall–Kier alpha value is -0.450. The van der Waals surface area contributed by atoms with Crippen LogP contribution in [-0.4, -0.2) is 12.7 Å². The maximum Gasteiger partial charge on any atom is 0.122 e. The van der Waals surface area contributed by atoms with Crippen molar-refractivity contribution in [2.75, 3.05) is 12.7 Å². The Morgan fingerprint density at radius 1 is 1.78 bits per heavy atom. The fourth-order valence-corrected chi connectivity index (χ4v) is 0.354. The van der Waals surface area contributed by atoms with Crippen LogP contribution >= 0.6 is 11.6 Å². The summed E-state index contributed by atoms with van der Waals surface area (Å²) in [5, 5.41) is 0. The monoisotopic (exact) mass is 144 g/mol. The number of hydrogen-bond donors (Lipinski definition) is 0. The molecule has 50 valence electrons. The number of alkyl halides is 1. The largest absolute Gasteiger partial charge is 0.353 e. The highest BCUT2D eigenvalue weighted by Crippen LogP contribution is 1.81. The van der Waals surface area contributed by atoms with E-state index in [-0.39, 0.29) is 6.07 Å². The molecule has 0 fully saturated rings. The number of ether oxygens (including phenoxy) is 1. The van der Waals surface area contributed by atoms with E-state index in [1.165, 1.54) is 0 Å². The molecule has 0 aliphatic heterocycles. The lowest BCUT2D eigenvalue weighted by atomic mass is 10.4. The van der Waals surface area contributed by atoms with Crippen molar-refractivity contribution in [2.45, 2.75) is 6.92 Å². The van der Waals surface area contributed by atoms with Gasteiger partial charge in [0.25, 0.3) is 0 Å². The summed E-state index contributed by atoms with van der Waals surface area (Å²) < 4.78 is 4.73. The van der Waals surface area contributed by atoms with E-state index in [9.17, 15) is 0 Å². The maximum atomic E-state index is 5.20. The summed E-state index contributed by atoms with van der Waals surface area (Å²) in [5.74, 6) is 5.48. The fourth-order valence-electron chi connectivity index (χ4n) is 0.277. The Bertz CT molecular complexity index is 141. The lowest BCUT2D eigenvalue weighted by Crippen LogP contribution is -1.86. The number of hydrogen-bond acceptors (Lipinski definition) is 1. The molecular weight excluding hydrogens is 136 g/mol. The van der Waals surface area contributed by atoms with E-state index < -0.39 is 0 Å². The number of rotatable bonds is 2. The molecule has 0 saturated heterocycles. The van der Waals surface area contributed by atoms with Crippen molar-refractivity contribution in [3.05, 3.63) is 12.2 Å². The van der Waals surface area contributed by atoms with Gasteiger partial charge in [0.2, 0.25) is 0 Å². The quantitative estimate of drug-likeness (QED) is 0.326. The molecule has 0 heterocycles. The molecule has 9 heavy (non-hydrogen) atoms. The first kappa shape index (κ1) is 8.55. The maximum absolute atomic E-state index is 5.20. The Morgan fingerprint density at radius 3 is 2.89 bits per heavy atom. The van der Waals surface area contributed by atoms with Crippen LogP contribution in [0.1, 0.15) is 6.92 Å². The van der Waals surface area contributed by atoms with Gasteiger partial charge in [-0.2, -0.15) is 0 Å². The first-order chi connectivity index (χ1) is 4.27. The van der Waals surface area contributed by atoms with Gasteiger partial charge in [0.1, 0.15) is 12.7 Å². The Morgan fingerprint density at radius 2 is 2.44 bits per heavy atom. The molecule has 0 bridgehead atoms. The fraction of sp³-hybridized carbons (Fsp3) is 0.429. The van der Waals surface area contributed by atoms with Crippen LogP contribution in [0, 0.1) is 11.8 Å². The highest BCUT2D eigenvalue weighted by atomic mass is 35.5. The molecule has 0 saturated carbocycles. The second-order valence-electron chi connectivity index (χ2n) is 1.54. The molecule has 0 unspecified atom stereocenters. The summed E-state index contributed by atoms with van der Waals surface area (Å²) in [6.07, 6.45) is 0.